The Morgan fingerprint density at radius 2 is 2.11 bits per heavy atom. The maximum absolute atomic E-state index is 12.0. The summed E-state index contributed by atoms with van der Waals surface area (Å²) < 4.78 is 0. The molecule has 1 aromatic rings. The largest absolute Gasteiger partial charge is 0.480 e. The van der Waals surface area contributed by atoms with E-state index in [0.29, 0.717) is 23.4 Å². The van der Waals surface area contributed by atoms with Crippen molar-refractivity contribution in [2.45, 2.75) is 32.7 Å². The van der Waals surface area contributed by atoms with Gasteiger partial charge in [0.15, 0.2) is 0 Å². The summed E-state index contributed by atoms with van der Waals surface area (Å²) in [5.41, 5.74) is 1.17. The molecule has 0 aliphatic rings. The zero-order valence-corrected chi connectivity index (χ0v) is 11.1. The molecule has 1 aromatic carbocycles. The number of carboxylic acids is 1. The van der Waals surface area contributed by atoms with E-state index in [4.69, 9.17) is 16.7 Å². The molecule has 1 atom stereocenters. The number of benzene rings is 1. The normalized spacial score (nSPS) is 11.9. The lowest BCUT2D eigenvalue weighted by Gasteiger charge is -2.14. The van der Waals surface area contributed by atoms with Gasteiger partial charge in [-0.2, -0.15) is 0 Å². The van der Waals surface area contributed by atoms with Gasteiger partial charge in [-0.15, -0.1) is 0 Å². The number of nitrogens with one attached hydrogen (secondary N) is 1. The van der Waals surface area contributed by atoms with Crippen LogP contribution in [0.15, 0.2) is 18.2 Å². The molecule has 1 unspecified atom stereocenters. The van der Waals surface area contributed by atoms with Gasteiger partial charge in [0.05, 0.1) is 0 Å². The number of halogens is 1. The molecule has 5 heteroatoms. The van der Waals surface area contributed by atoms with Crippen molar-refractivity contribution in [2.75, 3.05) is 0 Å². The molecular formula is C13H16ClNO3. The molecule has 0 saturated heterocycles. The van der Waals surface area contributed by atoms with Crippen molar-refractivity contribution in [2.24, 2.45) is 0 Å². The molecule has 0 bridgehead atoms. The molecule has 0 aliphatic carbocycles. The molecule has 4 nitrogen and oxygen atoms in total. The molecule has 18 heavy (non-hydrogen) atoms. The molecule has 2 N–H and O–H groups in total. The molecule has 0 heterocycles. The van der Waals surface area contributed by atoms with Gasteiger partial charge in [-0.25, -0.2) is 4.79 Å². The number of hydrogen-bond donors (Lipinski definition) is 2. The van der Waals surface area contributed by atoms with E-state index in [1.807, 2.05) is 6.92 Å². The fourth-order valence-corrected chi connectivity index (χ4v) is 1.79. The Morgan fingerprint density at radius 1 is 1.44 bits per heavy atom. The van der Waals surface area contributed by atoms with E-state index in [1.54, 1.807) is 19.1 Å². The third-order valence-corrected chi connectivity index (χ3v) is 2.86. The number of amides is 1. The lowest BCUT2D eigenvalue weighted by Crippen LogP contribution is -2.40. The van der Waals surface area contributed by atoms with Crippen LogP contribution in [0.2, 0.25) is 5.02 Å². The lowest BCUT2D eigenvalue weighted by atomic mass is 10.1. The third kappa shape index (κ3) is 3.74. The number of aliphatic carboxylic acids is 1. The van der Waals surface area contributed by atoms with Crippen molar-refractivity contribution in [3.05, 3.63) is 34.3 Å². The Balaban J connectivity index is 2.86. The topological polar surface area (TPSA) is 66.4 Å². The monoisotopic (exact) mass is 269 g/mol. The molecule has 0 saturated carbocycles. The van der Waals surface area contributed by atoms with Crippen molar-refractivity contribution >= 4 is 23.5 Å². The van der Waals surface area contributed by atoms with Crippen LogP contribution in [-0.2, 0) is 4.79 Å². The molecule has 0 aromatic heterocycles. The summed E-state index contributed by atoms with van der Waals surface area (Å²) >= 11 is 5.82. The molecule has 0 spiro atoms. The van der Waals surface area contributed by atoms with Crippen LogP contribution in [-0.4, -0.2) is 23.0 Å². The van der Waals surface area contributed by atoms with Gasteiger partial charge in [0.25, 0.3) is 5.91 Å². The van der Waals surface area contributed by atoms with E-state index in [9.17, 15) is 9.59 Å². The van der Waals surface area contributed by atoms with Crippen LogP contribution in [0.25, 0.3) is 0 Å². The van der Waals surface area contributed by atoms with Crippen LogP contribution >= 0.6 is 11.6 Å². The summed E-state index contributed by atoms with van der Waals surface area (Å²) in [7, 11) is 0. The maximum atomic E-state index is 12.0. The summed E-state index contributed by atoms with van der Waals surface area (Å²) in [5, 5.41) is 11.9. The summed E-state index contributed by atoms with van der Waals surface area (Å²) in [6.07, 6.45) is 1.09. The smallest absolute Gasteiger partial charge is 0.326 e. The Morgan fingerprint density at radius 3 is 2.67 bits per heavy atom. The van der Waals surface area contributed by atoms with E-state index >= 15 is 0 Å². The number of carbonyl (C=O) groups excluding carboxylic acids is 1. The number of hydrogen-bond acceptors (Lipinski definition) is 2. The fraction of sp³-hybridized carbons (Fsp3) is 0.385. The zero-order chi connectivity index (χ0) is 13.7. The molecule has 0 fully saturated rings. The number of rotatable bonds is 5. The van der Waals surface area contributed by atoms with Gasteiger partial charge < -0.3 is 10.4 Å². The Kier molecular flexibility index (Phi) is 5.16. The van der Waals surface area contributed by atoms with Crippen LogP contribution in [0.5, 0.6) is 0 Å². The van der Waals surface area contributed by atoms with E-state index < -0.39 is 17.9 Å². The van der Waals surface area contributed by atoms with E-state index in [0.717, 1.165) is 5.56 Å². The summed E-state index contributed by atoms with van der Waals surface area (Å²) in [6.45, 7) is 3.65. The number of carboxylic acid groups (broad SMARTS) is 1. The summed E-state index contributed by atoms with van der Waals surface area (Å²) in [5.74, 6) is -1.43. The second-order valence-electron chi connectivity index (χ2n) is 4.11. The summed E-state index contributed by atoms with van der Waals surface area (Å²) in [4.78, 5) is 22.9. The number of carbonyl (C=O) groups is 2. The highest BCUT2D eigenvalue weighted by atomic mass is 35.5. The number of aryl methyl sites for hydroxylation is 1. The third-order valence-electron chi connectivity index (χ3n) is 2.63. The minimum absolute atomic E-state index is 0.403. The highest BCUT2D eigenvalue weighted by Gasteiger charge is 2.20. The van der Waals surface area contributed by atoms with E-state index in [2.05, 4.69) is 5.32 Å². The second kappa shape index (κ2) is 6.40. The van der Waals surface area contributed by atoms with Crippen molar-refractivity contribution < 1.29 is 14.7 Å². The van der Waals surface area contributed by atoms with Crippen LogP contribution in [0.3, 0.4) is 0 Å². The first kappa shape index (κ1) is 14.5. The molecule has 1 amide bonds. The molecule has 98 valence electrons. The van der Waals surface area contributed by atoms with Crippen LogP contribution in [0.4, 0.5) is 0 Å². The van der Waals surface area contributed by atoms with Gasteiger partial charge in [0.1, 0.15) is 6.04 Å². The van der Waals surface area contributed by atoms with Crippen molar-refractivity contribution in [1.29, 1.82) is 0 Å². The standard InChI is InChI=1S/C13H16ClNO3/c1-3-4-11(13(17)18)15-12(16)10-7-9(14)6-5-8(10)2/h5-7,11H,3-4H2,1-2H3,(H,15,16)(H,17,18). The van der Waals surface area contributed by atoms with E-state index in [-0.39, 0.29) is 0 Å². The predicted octanol–water partition coefficient (Wildman–Crippen LogP) is 2.63. The van der Waals surface area contributed by atoms with Gasteiger partial charge in [-0.3, -0.25) is 4.79 Å². The average molecular weight is 270 g/mol. The Bertz CT molecular complexity index is 460. The zero-order valence-electron chi connectivity index (χ0n) is 10.4. The SMILES string of the molecule is CCCC(NC(=O)c1cc(Cl)ccc1C)C(=O)O. The van der Waals surface area contributed by atoms with Gasteiger partial charge in [0, 0.05) is 10.6 Å². The minimum Gasteiger partial charge on any atom is -0.480 e. The first-order chi connectivity index (χ1) is 8.45. The molecule has 1 rings (SSSR count). The Hall–Kier alpha value is -1.55. The highest BCUT2D eigenvalue weighted by molar-refractivity contribution is 6.31. The first-order valence-electron chi connectivity index (χ1n) is 5.75. The molecule has 0 aliphatic heterocycles. The fourth-order valence-electron chi connectivity index (χ4n) is 1.62. The highest BCUT2D eigenvalue weighted by Crippen LogP contribution is 2.15. The van der Waals surface area contributed by atoms with Gasteiger partial charge in [-0.05, 0) is 31.0 Å². The molecular weight excluding hydrogens is 254 g/mol. The van der Waals surface area contributed by atoms with Gasteiger partial charge in [0.2, 0.25) is 0 Å². The summed E-state index contributed by atoms with van der Waals surface area (Å²) in [6, 6.07) is 4.10. The van der Waals surface area contributed by atoms with Crippen LogP contribution in [0, 0.1) is 6.92 Å². The predicted molar refractivity (Wildman–Crippen MR) is 70.0 cm³/mol. The second-order valence-corrected chi connectivity index (χ2v) is 4.55. The average Bonchev–Trinajstić information content (AvgIpc) is 2.31. The van der Waals surface area contributed by atoms with Crippen LogP contribution in [0.1, 0.15) is 35.7 Å². The first-order valence-corrected chi connectivity index (χ1v) is 6.13. The van der Waals surface area contributed by atoms with Crippen molar-refractivity contribution in [3.8, 4) is 0 Å². The lowest BCUT2D eigenvalue weighted by molar-refractivity contribution is -0.139. The quantitative estimate of drug-likeness (QED) is 0.863. The van der Waals surface area contributed by atoms with Gasteiger partial charge >= 0.3 is 5.97 Å². The Labute approximate surface area is 111 Å². The maximum Gasteiger partial charge on any atom is 0.326 e. The molecule has 0 radical (unpaired) electrons. The van der Waals surface area contributed by atoms with Crippen molar-refractivity contribution in [3.63, 3.8) is 0 Å². The van der Waals surface area contributed by atoms with E-state index in [1.165, 1.54) is 6.07 Å². The van der Waals surface area contributed by atoms with Crippen molar-refractivity contribution in [1.82, 2.24) is 5.32 Å². The van der Waals surface area contributed by atoms with Gasteiger partial charge in [-0.1, -0.05) is 31.0 Å². The minimum atomic E-state index is -1.02. The van der Waals surface area contributed by atoms with Crippen LogP contribution < -0.4 is 5.32 Å².